The molecule has 1 aliphatic heterocycles. The van der Waals surface area contributed by atoms with E-state index in [1.165, 1.54) is 11.8 Å². The molecule has 1 unspecified atom stereocenters. The summed E-state index contributed by atoms with van der Waals surface area (Å²) in [7, 11) is 3.28. The van der Waals surface area contributed by atoms with Gasteiger partial charge in [0.15, 0.2) is 0 Å². The monoisotopic (exact) mass is 430 g/mol. The Balaban J connectivity index is 1.87. The van der Waals surface area contributed by atoms with Gasteiger partial charge in [-0.25, -0.2) is 9.99 Å². The van der Waals surface area contributed by atoms with Gasteiger partial charge in [-0.15, -0.1) is 0 Å². The van der Waals surface area contributed by atoms with Gasteiger partial charge >= 0.3 is 0 Å². The van der Waals surface area contributed by atoms with Crippen molar-refractivity contribution in [2.75, 3.05) is 50.4 Å². The van der Waals surface area contributed by atoms with Crippen molar-refractivity contribution in [3.63, 3.8) is 0 Å². The van der Waals surface area contributed by atoms with Crippen molar-refractivity contribution in [2.45, 2.75) is 26.3 Å². The fraction of sp³-hybridized carbons (Fsp3) is 0.455. The number of benzene rings is 1. The molecule has 1 atom stereocenters. The minimum Gasteiger partial charge on any atom is -0.495 e. The maximum absolute atomic E-state index is 12.8. The smallest absolute Gasteiger partial charge is 0.238 e. The number of thioether (sulfide) groups is 1. The lowest BCUT2D eigenvalue weighted by molar-refractivity contribution is -0.115. The standard InChI is InChI=1S/C22H30N4O3S/c1-6-16-13-17(21(29-4)23-15(16)2)24-26-12-11-25(14-19(26)22(27)30-5)18-9-7-8-10-20(18)28-3/h7-10,13,19,24H,6,11-12,14H2,1-5H3. The highest BCUT2D eigenvalue weighted by Gasteiger charge is 2.33. The van der Waals surface area contributed by atoms with Gasteiger partial charge in [-0.2, -0.15) is 0 Å². The average molecular weight is 431 g/mol. The summed E-state index contributed by atoms with van der Waals surface area (Å²) in [6, 6.07) is 9.66. The Hall–Kier alpha value is -2.45. The average Bonchev–Trinajstić information content (AvgIpc) is 2.79. The van der Waals surface area contributed by atoms with E-state index in [9.17, 15) is 4.79 Å². The molecular formula is C22H30N4O3S. The van der Waals surface area contributed by atoms with Crippen LogP contribution in [0, 0.1) is 6.92 Å². The van der Waals surface area contributed by atoms with Crippen LogP contribution in [0.1, 0.15) is 18.2 Å². The number of nitrogens with one attached hydrogen (secondary N) is 1. The maximum atomic E-state index is 12.8. The molecule has 0 amide bonds. The van der Waals surface area contributed by atoms with E-state index in [0.717, 1.165) is 41.3 Å². The first-order chi connectivity index (χ1) is 14.5. The Morgan fingerprint density at radius 2 is 2.03 bits per heavy atom. The van der Waals surface area contributed by atoms with Crippen LogP contribution in [0.5, 0.6) is 11.6 Å². The highest BCUT2D eigenvalue weighted by atomic mass is 32.2. The second kappa shape index (κ2) is 10.0. The molecule has 30 heavy (non-hydrogen) atoms. The van der Waals surface area contributed by atoms with Crippen molar-refractivity contribution < 1.29 is 14.3 Å². The van der Waals surface area contributed by atoms with E-state index in [4.69, 9.17) is 9.47 Å². The number of pyridine rings is 1. The molecule has 0 spiro atoms. The molecule has 0 saturated carbocycles. The Morgan fingerprint density at radius 1 is 1.27 bits per heavy atom. The number of methoxy groups -OCH3 is 2. The predicted octanol–water partition coefficient (Wildman–Crippen LogP) is 3.38. The molecule has 3 rings (SSSR count). The molecule has 1 saturated heterocycles. The molecule has 1 N–H and O–H groups in total. The lowest BCUT2D eigenvalue weighted by Gasteiger charge is -2.42. The van der Waals surface area contributed by atoms with Crippen LogP contribution in [0.15, 0.2) is 30.3 Å². The van der Waals surface area contributed by atoms with E-state index < -0.39 is 0 Å². The number of aromatic nitrogens is 1. The van der Waals surface area contributed by atoms with Crippen molar-refractivity contribution in [2.24, 2.45) is 0 Å². The van der Waals surface area contributed by atoms with Crippen LogP contribution in [-0.4, -0.2) is 61.3 Å². The fourth-order valence-corrected chi connectivity index (χ4v) is 4.21. The number of para-hydroxylation sites is 2. The number of hydrogen-bond donors (Lipinski definition) is 1. The number of rotatable bonds is 7. The van der Waals surface area contributed by atoms with E-state index in [-0.39, 0.29) is 11.2 Å². The molecule has 2 heterocycles. The Kier molecular flexibility index (Phi) is 7.44. The van der Waals surface area contributed by atoms with Crippen molar-refractivity contribution in [1.29, 1.82) is 0 Å². The van der Waals surface area contributed by atoms with Gasteiger partial charge in [0.05, 0.1) is 19.9 Å². The zero-order valence-electron chi connectivity index (χ0n) is 18.3. The van der Waals surface area contributed by atoms with Crippen LogP contribution in [0.25, 0.3) is 0 Å². The Morgan fingerprint density at radius 3 is 2.70 bits per heavy atom. The summed E-state index contributed by atoms with van der Waals surface area (Å²) < 4.78 is 11.0. The van der Waals surface area contributed by atoms with Crippen LogP contribution in [0.3, 0.4) is 0 Å². The van der Waals surface area contributed by atoms with Crippen LogP contribution < -0.4 is 19.8 Å². The number of ether oxygens (including phenoxy) is 2. The maximum Gasteiger partial charge on any atom is 0.238 e. The van der Waals surface area contributed by atoms with Crippen LogP contribution in [0.2, 0.25) is 0 Å². The third kappa shape index (κ3) is 4.65. The van der Waals surface area contributed by atoms with Gasteiger partial charge < -0.3 is 19.8 Å². The first-order valence-corrected chi connectivity index (χ1v) is 11.3. The highest BCUT2D eigenvalue weighted by molar-refractivity contribution is 8.13. The summed E-state index contributed by atoms with van der Waals surface area (Å²) in [4.78, 5) is 19.6. The lowest BCUT2D eigenvalue weighted by atomic mass is 10.1. The number of nitrogens with zero attached hydrogens (tertiary/aromatic N) is 3. The third-order valence-electron chi connectivity index (χ3n) is 5.40. The largest absolute Gasteiger partial charge is 0.495 e. The van der Waals surface area contributed by atoms with Crippen molar-refractivity contribution in [1.82, 2.24) is 9.99 Å². The topological polar surface area (TPSA) is 66.9 Å². The van der Waals surface area contributed by atoms with E-state index in [2.05, 4.69) is 28.3 Å². The molecule has 1 aromatic carbocycles. The van der Waals surface area contributed by atoms with Crippen LogP contribution in [-0.2, 0) is 11.2 Å². The Bertz CT molecular complexity index is 893. The number of carbonyl (C=O) groups is 1. The molecule has 0 radical (unpaired) electrons. The SMILES string of the molecule is CCc1cc(NN2CCN(c3ccccc3OC)CC2C(=O)SC)c(OC)nc1C. The molecule has 0 aliphatic carbocycles. The second-order valence-electron chi connectivity index (χ2n) is 7.11. The first-order valence-electron chi connectivity index (χ1n) is 10.1. The summed E-state index contributed by atoms with van der Waals surface area (Å²) in [5.41, 5.74) is 7.31. The molecule has 1 aliphatic rings. The Labute approximate surface area is 182 Å². The van der Waals surface area contributed by atoms with E-state index in [1.807, 2.05) is 42.5 Å². The number of hydrazine groups is 1. The van der Waals surface area contributed by atoms with Gasteiger partial charge in [0.25, 0.3) is 0 Å². The van der Waals surface area contributed by atoms with Crippen molar-refractivity contribution in [3.8, 4) is 11.6 Å². The minimum atomic E-state index is -0.324. The summed E-state index contributed by atoms with van der Waals surface area (Å²) in [6.45, 7) is 6.07. The van der Waals surface area contributed by atoms with E-state index >= 15 is 0 Å². The van der Waals surface area contributed by atoms with Crippen molar-refractivity contribution >= 4 is 28.3 Å². The molecule has 7 nitrogen and oxygen atoms in total. The predicted molar refractivity (Wildman–Crippen MR) is 123 cm³/mol. The zero-order valence-corrected chi connectivity index (χ0v) is 19.1. The number of anilines is 2. The molecule has 1 fully saturated rings. The molecule has 1 aromatic heterocycles. The zero-order chi connectivity index (χ0) is 21.7. The molecular weight excluding hydrogens is 400 g/mol. The summed E-state index contributed by atoms with van der Waals surface area (Å²) in [5.74, 6) is 1.35. The third-order valence-corrected chi connectivity index (χ3v) is 6.08. The molecule has 162 valence electrons. The van der Waals surface area contributed by atoms with Gasteiger partial charge in [0, 0.05) is 25.3 Å². The van der Waals surface area contributed by atoms with Gasteiger partial charge in [-0.3, -0.25) is 4.79 Å². The molecule has 8 heteroatoms. The summed E-state index contributed by atoms with van der Waals surface area (Å²) in [6.07, 6.45) is 2.71. The quantitative estimate of drug-likeness (QED) is 0.717. The lowest BCUT2D eigenvalue weighted by Crippen LogP contribution is -2.58. The van der Waals surface area contributed by atoms with Gasteiger partial charge in [-0.1, -0.05) is 30.8 Å². The fourth-order valence-electron chi connectivity index (χ4n) is 3.74. The summed E-state index contributed by atoms with van der Waals surface area (Å²) in [5, 5.41) is 2.11. The number of aryl methyl sites for hydroxylation is 2. The van der Waals surface area contributed by atoms with E-state index in [1.54, 1.807) is 14.2 Å². The van der Waals surface area contributed by atoms with Gasteiger partial charge in [-0.05, 0) is 43.4 Å². The second-order valence-corrected chi connectivity index (χ2v) is 7.92. The molecule has 0 bridgehead atoms. The highest BCUT2D eigenvalue weighted by Crippen LogP contribution is 2.32. The number of piperazine rings is 1. The minimum absolute atomic E-state index is 0.108. The van der Waals surface area contributed by atoms with Crippen molar-refractivity contribution in [3.05, 3.63) is 41.6 Å². The van der Waals surface area contributed by atoms with Crippen LogP contribution >= 0.6 is 11.8 Å². The molecule has 2 aromatic rings. The van der Waals surface area contributed by atoms with E-state index in [0.29, 0.717) is 19.0 Å². The number of carbonyl (C=O) groups excluding carboxylic acids is 1. The van der Waals surface area contributed by atoms with Gasteiger partial charge in [0.2, 0.25) is 11.0 Å². The van der Waals surface area contributed by atoms with Crippen LogP contribution in [0.4, 0.5) is 11.4 Å². The summed E-state index contributed by atoms with van der Waals surface area (Å²) >= 11 is 1.25. The van der Waals surface area contributed by atoms with Gasteiger partial charge in [0.1, 0.15) is 17.5 Å². The normalized spacial score (nSPS) is 17.0. The first kappa shape index (κ1) is 22.2. The number of hydrogen-bond acceptors (Lipinski definition) is 8.